The lowest BCUT2D eigenvalue weighted by Crippen LogP contribution is -2.56. The molecular weight excluding hydrogens is 250 g/mol. The van der Waals surface area contributed by atoms with Crippen LogP contribution in [0.15, 0.2) is 0 Å². The van der Waals surface area contributed by atoms with Crippen LogP contribution in [0.25, 0.3) is 0 Å². The predicted molar refractivity (Wildman–Crippen MR) is 70.2 cm³/mol. The fourth-order valence-electron chi connectivity index (χ4n) is 1.93. The van der Waals surface area contributed by atoms with Crippen molar-refractivity contribution in [3.05, 3.63) is 0 Å². The zero-order valence-electron chi connectivity index (χ0n) is 12.1. The van der Waals surface area contributed by atoms with Crippen molar-refractivity contribution < 1.29 is 27.9 Å². The molecule has 2 aliphatic heterocycles. The summed E-state index contributed by atoms with van der Waals surface area (Å²) in [6.07, 6.45) is 0.142. The van der Waals surface area contributed by atoms with Crippen molar-refractivity contribution in [1.82, 2.24) is 0 Å². The summed E-state index contributed by atoms with van der Waals surface area (Å²) in [5, 5.41) is 0. The molecule has 1 spiro atoms. The standard InChI is InChI=1S/C11H22B2O6/c1-9(2)18-12-14-5-11(6-15-12)7-16-13(17-8-11)19-10(3)4/h9-10H,5-8H2,1-4H3. The zero-order valence-corrected chi connectivity index (χ0v) is 12.1. The van der Waals surface area contributed by atoms with Crippen molar-refractivity contribution >= 4 is 14.6 Å². The van der Waals surface area contributed by atoms with Crippen LogP contribution >= 0.6 is 0 Å². The number of hydrogen-bond donors (Lipinski definition) is 0. The largest absolute Gasteiger partial charge is 0.639 e. The molecule has 0 N–H and O–H groups in total. The van der Waals surface area contributed by atoms with Crippen LogP contribution in [0, 0.1) is 5.41 Å². The summed E-state index contributed by atoms with van der Waals surface area (Å²) in [6.45, 7) is 9.76. The third-order valence-electron chi connectivity index (χ3n) is 2.87. The molecule has 2 saturated heterocycles. The van der Waals surface area contributed by atoms with Gasteiger partial charge in [0.05, 0.1) is 5.41 Å². The third-order valence-corrected chi connectivity index (χ3v) is 2.87. The quantitative estimate of drug-likeness (QED) is 0.708. The minimum Gasteiger partial charge on any atom is -0.385 e. The van der Waals surface area contributed by atoms with E-state index in [9.17, 15) is 0 Å². The van der Waals surface area contributed by atoms with Crippen LogP contribution in [-0.4, -0.2) is 53.3 Å². The van der Waals surface area contributed by atoms with Crippen LogP contribution in [0.3, 0.4) is 0 Å². The van der Waals surface area contributed by atoms with Crippen molar-refractivity contribution in [2.75, 3.05) is 26.4 Å². The van der Waals surface area contributed by atoms with Gasteiger partial charge >= 0.3 is 14.6 Å². The maximum Gasteiger partial charge on any atom is 0.639 e. The lowest BCUT2D eigenvalue weighted by molar-refractivity contribution is -0.121. The number of hydrogen-bond acceptors (Lipinski definition) is 6. The minimum absolute atomic E-state index is 0.0710. The van der Waals surface area contributed by atoms with E-state index in [1.165, 1.54) is 0 Å². The molecule has 2 fully saturated rings. The molecule has 2 aliphatic rings. The number of rotatable bonds is 4. The fraction of sp³-hybridized carbons (Fsp3) is 1.00. The molecule has 0 aromatic carbocycles. The van der Waals surface area contributed by atoms with Crippen molar-refractivity contribution in [3.8, 4) is 0 Å². The van der Waals surface area contributed by atoms with Crippen LogP contribution in [0.4, 0.5) is 0 Å². The molecule has 108 valence electrons. The van der Waals surface area contributed by atoms with Crippen LogP contribution in [0.5, 0.6) is 0 Å². The van der Waals surface area contributed by atoms with Crippen LogP contribution in [-0.2, 0) is 27.9 Å². The lowest BCUT2D eigenvalue weighted by atomic mass is 9.87. The molecule has 0 aromatic heterocycles. The fourth-order valence-corrected chi connectivity index (χ4v) is 1.93. The second-order valence-corrected chi connectivity index (χ2v) is 5.69. The molecule has 0 bridgehead atoms. The Balaban J connectivity index is 1.75. The topological polar surface area (TPSA) is 55.4 Å². The van der Waals surface area contributed by atoms with Gasteiger partial charge in [-0.1, -0.05) is 0 Å². The average Bonchev–Trinajstić information content (AvgIpc) is 2.34. The Morgan fingerprint density at radius 2 is 1.05 bits per heavy atom. The Kier molecular flexibility index (Phi) is 5.28. The molecule has 0 unspecified atom stereocenters. The summed E-state index contributed by atoms with van der Waals surface area (Å²) in [5.74, 6) is 0. The highest BCUT2D eigenvalue weighted by atomic mass is 16.8. The summed E-state index contributed by atoms with van der Waals surface area (Å²) >= 11 is 0. The van der Waals surface area contributed by atoms with Crippen molar-refractivity contribution in [1.29, 1.82) is 0 Å². The molecule has 8 heteroatoms. The summed E-state index contributed by atoms with van der Waals surface area (Å²) in [6, 6.07) is 0. The van der Waals surface area contributed by atoms with Gasteiger partial charge in [-0.3, -0.25) is 0 Å². The molecule has 0 amide bonds. The zero-order chi connectivity index (χ0) is 13.9. The maximum atomic E-state index is 5.55. The monoisotopic (exact) mass is 272 g/mol. The van der Waals surface area contributed by atoms with E-state index in [1.807, 2.05) is 27.7 Å². The highest BCUT2D eigenvalue weighted by molar-refractivity contribution is 6.37. The summed E-state index contributed by atoms with van der Waals surface area (Å²) in [7, 11) is -1.18. The second-order valence-electron chi connectivity index (χ2n) is 5.69. The second kappa shape index (κ2) is 6.56. The molecular formula is C11H22B2O6. The summed E-state index contributed by atoms with van der Waals surface area (Å²) < 4.78 is 33.1. The van der Waals surface area contributed by atoms with E-state index >= 15 is 0 Å². The Hall–Kier alpha value is -0.110. The van der Waals surface area contributed by atoms with E-state index in [2.05, 4.69) is 0 Å². The molecule has 0 radical (unpaired) electrons. The molecule has 2 heterocycles. The molecule has 0 saturated carbocycles. The Labute approximate surface area is 115 Å². The minimum atomic E-state index is -0.588. The average molecular weight is 272 g/mol. The van der Waals surface area contributed by atoms with Gasteiger partial charge in [-0.25, -0.2) is 0 Å². The smallest absolute Gasteiger partial charge is 0.385 e. The summed E-state index contributed by atoms with van der Waals surface area (Å²) in [5.41, 5.74) is -0.256. The van der Waals surface area contributed by atoms with Gasteiger partial charge in [0.2, 0.25) is 0 Å². The Bertz CT molecular complexity index is 241. The van der Waals surface area contributed by atoms with Gasteiger partial charge in [0.15, 0.2) is 0 Å². The van der Waals surface area contributed by atoms with E-state index in [1.54, 1.807) is 0 Å². The van der Waals surface area contributed by atoms with Gasteiger partial charge in [-0.05, 0) is 27.7 Å². The van der Waals surface area contributed by atoms with E-state index in [4.69, 9.17) is 27.9 Å². The van der Waals surface area contributed by atoms with Crippen LogP contribution in [0.1, 0.15) is 27.7 Å². The lowest BCUT2D eigenvalue weighted by Gasteiger charge is -2.42. The van der Waals surface area contributed by atoms with Gasteiger partial charge in [-0.15, -0.1) is 0 Å². The van der Waals surface area contributed by atoms with Crippen LogP contribution in [0.2, 0.25) is 0 Å². The Morgan fingerprint density at radius 1 is 0.737 bits per heavy atom. The SMILES string of the molecule is CC(C)OB1OCC2(CO1)COB(OC(C)C)OC2. The van der Waals surface area contributed by atoms with Crippen molar-refractivity contribution in [2.24, 2.45) is 5.41 Å². The highest BCUT2D eigenvalue weighted by Gasteiger charge is 2.46. The third kappa shape index (κ3) is 4.44. The van der Waals surface area contributed by atoms with Crippen molar-refractivity contribution in [2.45, 2.75) is 39.9 Å². The van der Waals surface area contributed by atoms with E-state index < -0.39 is 14.6 Å². The van der Waals surface area contributed by atoms with Gasteiger partial charge in [0.25, 0.3) is 0 Å². The van der Waals surface area contributed by atoms with E-state index in [-0.39, 0.29) is 17.6 Å². The first-order valence-electron chi connectivity index (χ1n) is 6.76. The molecule has 6 nitrogen and oxygen atoms in total. The first-order valence-corrected chi connectivity index (χ1v) is 6.76. The van der Waals surface area contributed by atoms with E-state index in [0.717, 1.165) is 0 Å². The predicted octanol–water partition coefficient (Wildman–Crippen LogP) is 0.886. The van der Waals surface area contributed by atoms with Gasteiger partial charge < -0.3 is 27.9 Å². The first-order chi connectivity index (χ1) is 8.99. The molecule has 19 heavy (non-hydrogen) atoms. The summed E-state index contributed by atoms with van der Waals surface area (Å²) in [4.78, 5) is 0. The molecule has 0 aromatic rings. The van der Waals surface area contributed by atoms with Crippen LogP contribution < -0.4 is 0 Å². The molecule has 0 aliphatic carbocycles. The first kappa shape index (κ1) is 15.3. The highest BCUT2D eigenvalue weighted by Crippen LogP contribution is 2.29. The van der Waals surface area contributed by atoms with Gasteiger partial charge in [0, 0.05) is 38.6 Å². The maximum absolute atomic E-state index is 5.55. The van der Waals surface area contributed by atoms with Gasteiger partial charge in [-0.2, -0.15) is 0 Å². The molecule has 0 atom stereocenters. The van der Waals surface area contributed by atoms with Crippen molar-refractivity contribution in [3.63, 3.8) is 0 Å². The Morgan fingerprint density at radius 3 is 1.32 bits per heavy atom. The van der Waals surface area contributed by atoms with E-state index in [0.29, 0.717) is 26.4 Å². The molecule has 2 rings (SSSR count). The van der Waals surface area contributed by atoms with Gasteiger partial charge in [0.1, 0.15) is 0 Å². The normalized spacial score (nSPS) is 23.7.